The number of carbonyl (C=O) groups excluding carboxylic acids is 1. The van der Waals surface area contributed by atoms with Crippen molar-refractivity contribution < 1.29 is 36.2 Å². The minimum absolute atomic E-state index is 0.188. The van der Waals surface area contributed by atoms with E-state index in [1.807, 2.05) is 0 Å². The van der Waals surface area contributed by atoms with Crippen molar-refractivity contribution in [3.05, 3.63) is 120 Å². The summed E-state index contributed by atoms with van der Waals surface area (Å²) in [6.45, 7) is 2.91. The standard InChI is InChI=1S/C29H22F5O3S/c1-29(2,18-3-5-19(30)6-4-18)37-28(35)17-36-24-7-9-25(10-8-24)38(26-13-20(31)11-21(32)14-26)27-15-22(33)12-23(34)16-27/h3-16H,17H2,1-2H3/q+1. The Morgan fingerprint density at radius 1 is 0.658 bits per heavy atom. The van der Waals surface area contributed by atoms with Crippen molar-refractivity contribution >= 4 is 16.9 Å². The number of hydrogen-bond acceptors (Lipinski definition) is 3. The third kappa shape index (κ3) is 6.72. The first kappa shape index (κ1) is 27.2. The Bertz CT molecular complexity index is 1350. The molecule has 0 radical (unpaired) electrons. The third-order valence-electron chi connectivity index (χ3n) is 5.47. The minimum atomic E-state index is -1.25. The van der Waals surface area contributed by atoms with Gasteiger partial charge in [-0.1, -0.05) is 12.1 Å². The summed E-state index contributed by atoms with van der Waals surface area (Å²) in [7, 11) is -1.25. The van der Waals surface area contributed by atoms with Crippen LogP contribution in [0.15, 0.2) is 99.6 Å². The van der Waals surface area contributed by atoms with Crippen molar-refractivity contribution in [1.82, 2.24) is 0 Å². The van der Waals surface area contributed by atoms with Crippen LogP contribution < -0.4 is 4.74 Å². The predicted octanol–water partition coefficient (Wildman–Crippen LogP) is 7.33. The maximum absolute atomic E-state index is 14.0. The van der Waals surface area contributed by atoms with Gasteiger partial charge in [-0.15, -0.1) is 0 Å². The Balaban J connectivity index is 1.51. The lowest BCUT2D eigenvalue weighted by Gasteiger charge is -2.25. The van der Waals surface area contributed by atoms with Gasteiger partial charge in [0, 0.05) is 36.4 Å². The van der Waals surface area contributed by atoms with Gasteiger partial charge in [0.05, 0.1) is 10.9 Å². The molecule has 3 nitrogen and oxygen atoms in total. The molecule has 0 aliphatic rings. The van der Waals surface area contributed by atoms with E-state index in [2.05, 4.69) is 0 Å². The summed E-state index contributed by atoms with van der Waals surface area (Å²) in [5, 5.41) is 0. The van der Waals surface area contributed by atoms with Gasteiger partial charge in [0.15, 0.2) is 21.3 Å². The number of esters is 1. The van der Waals surface area contributed by atoms with E-state index in [0.717, 1.165) is 24.3 Å². The summed E-state index contributed by atoms with van der Waals surface area (Å²) in [5.41, 5.74) is -0.418. The highest BCUT2D eigenvalue weighted by Crippen LogP contribution is 2.34. The molecular formula is C29H22F5O3S+. The van der Waals surface area contributed by atoms with E-state index >= 15 is 0 Å². The quantitative estimate of drug-likeness (QED) is 0.132. The number of halogens is 5. The van der Waals surface area contributed by atoms with E-state index in [9.17, 15) is 26.7 Å². The van der Waals surface area contributed by atoms with E-state index in [4.69, 9.17) is 9.47 Å². The van der Waals surface area contributed by atoms with Gasteiger partial charge < -0.3 is 9.47 Å². The molecule has 0 aliphatic heterocycles. The van der Waals surface area contributed by atoms with Crippen LogP contribution in [0.4, 0.5) is 22.0 Å². The van der Waals surface area contributed by atoms with Crippen LogP contribution in [0, 0.1) is 29.1 Å². The zero-order chi connectivity index (χ0) is 27.4. The molecule has 0 atom stereocenters. The van der Waals surface area contributed by atoms with Gasteiger partial charge in [0.25, 0.3) is 0 Å². The van der Waals surface area contributed by atoms with Crippen molar-refractivity contribution in [2.24, 2.45) is 0 Å². The van der Waals surface area contributed by atoms with Gasteiger partial charge in [-0.05, 0) is 55.8 Å². The molecule has 0 saturated heterocycles. The topological polar surface area (TPSA) is 35.5 Å². The highest BCUT2D eigenvalue weighted by atomic mass is 32.2. The van der Waals surface area contributed by atoms with Gasteiger partial charge in [-0.3, -0.25) is 0 Å². The summed E-state index contributed by atoms with van der Waals surface area (Å²) in [4.78, 5) is 13.3. The number of benzene rings is 4. The van der Waals surface area contributed by atoms with Crippen molar-refractivity contribution in [2.45, 2.75) is 34.1 Å². The normalized spacial score (nSPS) is 11.5. The predicted molar refractivity (Wildman–Crippen MR) is 132 cm³/mol. The van der Waals surface area contributed by atoms with Crippen molar-refractivity contribution in [1.29, 1.82) is 0 Å². The fourth-order valence-corrected chi connectivity index (χ4v) is 5.89. The van der Waals surface area contributed by atoms with Crippen LogP contribution in [0.3, 0.4) is 0 Å². The lowest BCUT2D eigenvalue weighted by Crippen LogP contribution is -2.28. The Labute approximate surface area is 219 Å². The molecule has 0 saturated carbocycles. The van der Waals surface area contributed by atoms with Crippen molar-refractivity contribution in [3.63, 3.8) is 0 Å². The lowest BCUT2D eigenvalue weighted by atomic mass is 9.98. The smallest absolute Gasteiger partial charge is 0.345 e. The van der Waals surface area contributed by atoms with Crippen LogP contribution in [0.2, 0.25) is 0 Å². The monoisotopic (exact) mass is 545 g/mol. The number of rotatable bonds is 8. The molecule has 9 heteroatoms. The maximum atomic E-state index is 14.0. The zero-order valence-corrected chi connectivity index (χ0v) is 21.1. The molecule has 196 valence electrons. The van der Waals surface area contributed by atoms with Crippen LogP contribution in [-0.2, 0) is 26.0 Å². The second-order valence-electron chi connectivity index (χ2n) is 8.77. The summed E-state index contributed by atoms with van der Waals surface area (Å²) in [6, 6.07) is 17.7. The highest BCUT2D eigenvalue weighted by Gasteiger charge is 2.31. The molecule has 0 unspecified atom stereocenters. The molecule has 0 amide bonds. The molecule has 0 bridgehead atoms. The molecule has 0 heterocycles. The van der Waals surface area contributed by atoms with Gasteiger partial charge in [-0.2, -0.15) is 0 Å². The van der Waals surface area contributed by atoms with E-state index in [1.165, 1.54) is 36.4 Å². The van der Waals surface area contributed by atoms with Crippen LogP contribution >= 0.6 is 0 Å². The van der Waals surface area contributed by atoms with E-state index in [-0.39, 0.29) is 9.79 Å². The SMILES string of the molecule is CC(C)(OC(=O)COc1ccc([S+](c2cc(F)cc(F)c2)c2cc(F)cc(F)c2)cc1)c1ccc(F)cc1. The van der Waals surface area contributed by atoms with E-state index < -0.39 is 58.2 Å². The second kappa shape index (κ2) is 11.3. The fraction of sp³-hybridized carbons (Fsp3) is 0.138. The fourth-order valence-electron chi connectivity index (χ4n) is 3.74. The Hall–Kier alpha value is -3.85. The van der Waals surface area contributed by atoms with E-state index in [1.54, 1.807) is 26.0 Å². The van der Waals surface area contributed by atoms with E-state index in [0.29, 0.717) is 28.3 Å². The van der Waals surface area contributed by atoms with Crippen LogP contribution in [0.5, 0.6) is 5.75 Å². The molecule has 4 rings (SSSR count). The first-order valence-electron chi connectivity index (χ1n) is 11.4. The first-order valence-corrected chi connectivity index (χ1v) is 12.6. The molecular weight excluding hydrogens is 523 g/mol. The Morgan fingerprint density at radius 2 is 1.13 bits per heavy atom. The molecule has 0 aliphatic carbocycles. The van der Waals surface area contributed by atoms with Crippen molar-refractivity contribution in [3.8, 4) is 5.75 Å². The minimum Gasteiger partial charge on any atom is -0.482 e. The van der Waals surface area contributed by atoms with Crippen LogP contribution in [0.25, 0.3) is 0 Å². The number of ether oxygens (including phenoxy) is 2. The molecule has 0 aromatic heterocycles. The largest absolute Gasteiger partial charge is 0.482 e. The summed E-state index contributed by atoms with van der Waals surface area (Å²) in [5.74, 6) is -4.06. The molecule has 4 aromatic rings. The van der Waals surface area contributed by atoms with Crippen LogP contribution in [-0.4, -0.2) is 12.6 Å². The van der Waals surface area contributed by atoms with Gasteiger partial charge in [-0.25, -0.2) is 26.7 Å². The van der Waals surface area contributed by atoms with Gasteiger partial charge in [0.2, 0.25) is 0 Å². The first-order chi connectivity index (χ1) is 18.0. The van der Waals surface area contributed by atoms with Gasteiger partial charge >= 0.3 is 5.97 Å². The molecule has 0 N–H and O–H groups in total. The highest BCUT2D eigenvalue weighted by molar-refractivity contribution is 7.97. The number of carbonyl (C=O) groups is 1. The maximum Gasteiger partial charge on any atom is 0.345 e. The molecule has 38 heavy (non-hydrogen) atoms. The molecule has 4 aromatic carbocycles. The van der Waals surface area contributed by atoms with Crippen LogP contribution in [0.1, 0.15) is 19.4 Å². The van der Waals surface area contributed by atoms with Gasteiger partial charge in [0.1, 0.15) is 40.4 Å². The second-order valence-corrected chi connectivity index (χ2v) is 10.8. The Kier molecular flexibility index (Phi) is 8.06. The third-order valence-corrected chi connectivity index (χ3v) is 7.63. The molecule has 0 fully saturated rings. The van der Waals surface area contributed by atoms with Crippen molar-refractivity contribution in [2.75, 3.05) is 6.61 Å². The summed E-state index contributed by atoms with van der Waals surface area (Å²) in [6.07, 6.45) is 0. The molecule has 0 spiro atoms. The number of hydrogen-bond donors (Lipinski definition) is 0. The summed E-state index contributed by atoms with van der Waals surface area (Å²) >= 11 is 0. The average Bonchev–Trinajstić information content (AvgIpc) is 2.82. The lowest BCUT2D eigenvalue weighted by molar-refractivity contribution is -0.159. The Morgan fingerprint density at radius 3 is 1.61 bits per heavy atom. The average molecular weight is 546 g/mol. The zero-order valence-electron chi connectivity index (χ0n) is 20.3. The summed E-state index contributed by atoms with van der Waals surface area (Å²) < 4.78 is 80.2.